The van der Waals surface area contributed by atoms with Gasteiger partial charge in [0.25, 0.3) is 0 Å². The van der Waals surface area contributed by atoms with Crippen LogP contribution in [-0.2, 0) is 11.4 Å². The lowest BCUT2D eigenvalue weighted by Crippen LogP contribution is -2.37. The minimum absolute atomic E-state index is 0.285. The first-order valence-corrected chi connectivity index (χ1v) is 10.4. The Morgan fingerprint density at radius 2 is 1.77 bits per heavy atom. The van der Waals surface area contributed by atoms with Crippen LogP contribution >= 0.6 is 0 Å². The predicted molar refractivity (Wildman–Crippen MR) is 115 cm³/mol. The molecule has 1 aliphatic heterocycles. The van der Waals surface area contributed by atoms with Crippen molar-refractivity contribution in [3.05, 3.63) is 60.2 Å². The van der Waals surface area contributed by atoms with Crippen molar-refractivity contribution in [1.29, 1.82) is 5.26 Å². The Hall–Kier alpha value is -3.08. The largest absolute Gasteiger partial charge is 0.494 e. The van der Waals surface area contributed by atoms with E-state index in [2.05, 4.69) is 22.5 Å². The summed E-state index contributed by atoms with van der Waals surface area (Å²) in [5.41, 5.74) is 4.06. The number of ether oxygens (including phenoxy) is 1. The first kappa shape index (κ1) is 21.6. The van der Waals surface area contributed by atoms with Crippen LogP contribution in [0.2, 0.25) is 0 Å². The predicted octanol–water partition coefficient (Wildman–Crippen LogP) is 4.07. The number of anilines is 1. The highest BCUT2D eigenvalue weighted by atomic mass is 16.7. The standard InChI is InChI=1S/C23H28N4O3/c24-19-27(21-8-3-1-4-9-21)23(28)25-30-17-7-16-29-22-12-10-20(11-13-22)18-26-14-5-2-6-15-26/h1,3-4,8-13H,2,5-7,14-18H2,(H,25,28). The number of nitrogens with one attached hydrogen (secondary N) is 1. The highest BCUT2D eigenvalue weighted by Gasteiger charge is 2.14. The molecular formula is C23H28N4O3. The summed E-state index contributed by atoms with van der Waals surface area (Å²) in [6, 6.07) is 16.3. The van der Waals surface area contributed by atoms with Crippen LogP contribution in [0.25, 0.3) is 0 Å². The molecule has 2 aromatic rings. The zero-order valence-corrected chi connectivity index (χ0v) is 17.1. The highest BCUT2D eigenvalue weighted by Crippen LogP contribution is 2.17. The van der Waals surface area contributed by atoms with Gasteiger partial charge in [-0.1, -0.05) is 36.8 Å². The van der Waals surface area contributed by atoms with E-state index in [1.54, 1.807) is 24.3 Å². The van der Waals surface area contributed by atoms with Gasteiger partial charge in [-0.05, 0) is 55.8 Å². The molecule has 0 aliphatic carbocycles. The SMILES string of the molecule is N#CN(C(=O)NOCCCOc1ccc(CN2CCCCC2)cc1)c1ccccc1. The monoisotopic (exact) mass is 408 g/mol. The number of hydrogen-bond donors (Lipinski definition) is 1. The third-order valence-corrected chi connectivity index (χ3v) is 4.91. The van der Waals surface area contributed by atoms with Gasteiger partial charge in [0.05, 0.1) is 18.9 Å². The fourth-order valence-electron chi connectivity index (χ4n) is 3.34. The van der Waals surface area contributed by atoms with Gasteiger partial charge in [-0.2, -0.15) is 10.2 Å². The number of carbonyl (C=O) groups excluding carboxylic acids is 1. The van der Waals surface area contributed by atoms with Crippen molar-refractivity contribution in [2.75, 3.05) is 31.2 Å². The second-order valence-corrected chi connectivity index (χ2v) is 7.21. The Balaban J connectivity index is 1.30. The van der Waals surface area contributed by atoms with E-state index in [9.17, 15) is 4.79 Å². The number of urea groups is 1. The van der Waals surface area contributed by atoms with Crippen molar-refractivity contribution in [2.24, 2.45) is 0 Å². The van der Waals surface area contributed by atoms with Gasteiger partial charge in [-0.15, -0.1) is 0 Å². The number of nitrogens with zero attached hydrogens (tertiary/aromatic N) is 3. The van der Waals surface area contributed by atoms with Gasteiger partial charge in [0.2, 0.25) is 0 Å². The molecule has 0 spiro atoms. The van der Waals surface area contributed by atoms with Crippen LogP contribution in [0.3, 0.4) is 0 Å². The minimum atomic E-state index is -0.631. The third kappa shape index (κ3) is 6.76. The third-order valence-electron chi connectivity index (χ3n) is 4.91. The van der Waals surface area contributed by atoms with Gasteiger partial charge >= 0.3 is 6.03 Å². The molecule has 0 aromatic heterocycles. The van der Waals surface area contributed by atoms with E-state index in [4.69, 9.17) is 14.8 Å². The lowest BCUT2D eigenvalue weighted by atomic mass is 10.1. The Morgan fingerprint density at radius 1 is 1.03 bits per heavy atom. The van der Waals surface area contributed by atoms with E-state index in [1.165, 1.54) is 37.9 Å². The molecule has 7 heteroatoms. The van der Waals surface area contributed by atoms with E-state index in [0.717, 1.165) is 17.2 Å². The van der Waals surface area contributed by atoms with Crippen molar-refractivity contribution >= 4 is 11.7 Å². The molecule has 1 heterocycles. The summed E-state index contributed by atoms with van der Waals surface area (Å²) < 4.78 is 5.73. The molecular weight excluding hydrogens is 380 g/mol. The van der Waals surface area contributed by atoms with Crippen LogP contribution in [0, 0.1) is 11.5 Å². The maximum Gasteiger partial charge on any atom is 0.359 e. The molecule has 1 aliphatic rings. The smallest absolute Gasteiger partial charge is 0.359 e. The fourth-order valence-corrected chi connectivity index (χ4v) is 3.34. The van der Waals surface area contributed by atoms with E-state index in [0.29, 0.717) is 18.7 Å². The summed E-state index contributed by atoms with van der Waals surface area (Å²) in [5.74, 6) is 0.821. The minimum Gasteiger partial charge on any atom is -0.494 e. The molecule has 1 N–H and O–H groups in total. The Labute approximate surface area is 177 Å². The molecule has 2 aromatic carbocycles. The van der Waals surface area contributed by atoms with Gasteiger partial charge in [-0.3, -0.25) is 9.74 Å². The van der Waals surface area contributed by atoms with Gasteiger partial charge < -0.3 is 4.74 Å². The van der Waals surface area contributed by atoms with Crippen LogP contribution < -0.4 is 15.1 Å². The summed E-state index contributed by atoms with van der Waals surface area (Å²) in [4.78, 5) is 20.6. The van der Waals surface area contributed by atoms with Crippen molar-refractivity contribution in [1.82, 2.24) is 10.4 Å². The molecule has 0 radical (unpaired) electrons. The maximum absolute atomic E-state index is 12.0. The number of benzene rings is 2. The lowest BCUT2D eigenvalue weighted by Gasteiger charge is -2.26. The lowest BCUT2D eigenvalue weighted by molar-refractivity contribution is 0.0563. The zero-order chi connectivity index (χ0) is 21.0. The van der Waals surface area contributed by atoms with Gasteiger partial charge in [0.15, 0.2) is 6.19 Å². The van der Waals surface area contributed by atoms with Crippen LogP contribution in [0.5, 0.6) is 5.75 Å². The number of likely N-dealkylation sites (tertiary alicyclic amines) is 1. The van der Waals surface area contributed by atoms with E-state index in [-0.39, 0.29) is 6.61 Å². The number of nitriles is 1. The quantitative estimate of drug-likeness (QED) is 0.293. The molecule has 0 atom stereocenters. The van der Waals surface area contributed by atoms with Crippen molar-refractivity contribution in [3.8, 4) is 11.9 Å². The number of hydroxylamine groups is 1. The molecule has 158 valence electrons. The zero-order valence-electron chi connectivity index (χ0n) is 17.1. The normalized spacial score (nSPS) is 14.0. The summed E-state index contributed by atoms with van der Waals surface area (Å²) >= 11 is 0. The van der Waals surface area contributed by atoms with E-state index in [1.807, 2.05) is 24.4 Å². The van der Waals surface area contributed by atoms with Crippen LogP contribution in [0.4, 0.5) is 10.5 Å². The maximum atomic E-state index is 12.0. The molecule has 0 saturated carbocycles. The summed E-state index contributed by atoms with van der Waals surface area (Å²) in [7, 11) is 0. The molecule has 0 unspecified atom stereocenters. The second-order valence-electron chi connectivity index (χ2n) is 7.21. The van der Waals surface area contributed by atoms with Crippen LogP contribution in [0.1, 0.15) is 31.2 Å². The van der Waals surface area contributed by atoms with Crippen molar-refractivity contribution in [2.45, 2.75) is 32.2 Å². The first-order valence-electron chi connectivity index (χ1n) is 10.4. The van der Waals surface area contributed by atoms with Gasteiger partial charge in [0, 0.05) is 13.0 Å². The van der Waals surface area contributed by atoms with E-state index >= 15 is 0 Å². The number of carbonyl (C=O) groups is 1. The summed E-state index contributed by atoms with van der Waals surface area (Å²) in [6.45, 7) is 4.13. The molecule has 1 fully saturated rings. The number of piperidine rings is 1. The fraction of sp³-hybridized carbons (Fsp3) is 0.391. The second kappa shape index (κ2) is 11.8. The molecule has 2 amide bonds. The average Bonchev–Trinajstić information content (AvgIpc) is 2.79. The topological polar surface area (TPSA) is 77.8 Å². The average molecular weight is 409 g/mol. The van der Waals surface area contributed by atoms with Crippen molar-refractivity contribution < 1.29 is 14.4 Å². The highest BCUT2D eigenvalue weighted by molar-refractivity contribution is 5.93. The molecule has 3 rings (SSSR count). The number of para-hydroxylation sites is 1. The first-order chi connectivity index (χ1) is 14.8. The summed E-state index contributed by atoms with van der Waals surface area (Å²) in [6.07, 6.45) is 6.38. The van der Waals surface area contributed by atoms with Crippen LogP contribution in [-0.4, -0.2) is 37.2 Å². The van der Waals surface area contributed by atoms with Crippen molar-refractivity contribution in [3.63, 3.8) is 0 Å². The number of rotatable bonds is 9. The summed E-state index contributed by atoms with van der Waals surface area (Å²) in [5, 5.41) is 9.16. The van der Waals surface area contributed by atoms with Gasteiger partial charge in [0.1, 0.15) is 5.75 Å². The van der Waals surface area contributed by atoms with E-state index < -0.39 is 6.03 Å². The van der Waals surface area contributed by atoms with Crippen LogP contribution in [0.15, 0.2) is 54.6 Å². The Bertz CT molecular complexity index is 815. The molecule has 0 bridgehead atoms. The molecule has 30 heavy (non-hydrogen) atoms. The molecule has 1 saturated heterocycles. The number of hydrogen-bond acceptors (Lipinski definition) is 5. The number of amides is 2. The Morgan fingerprint density at radius 3 is 2.47 bits per heavy atom. The Kier molecular flexibility index (Phi) is 8.51. The van der Waals surface area contributed by atoms with Gasteiger partial charge in [-0.25, -0.2) is 10.3 Å². The molecule has 7 nitrogen and oxygen atoms in total.